The molecule has 0 aromatic heterocycles. The molecule has 0 radical (unpaired) electrons. The van der Waals surface area contributed by atoms with E-state index < -0.39 is 59.3 Å². The lowest BCUT2D eigenvalue weighted by atomic mass is 10.0. The van der Waals surface area contributed by atoms with Crippen molar-refractivity contribution in [3.05, 3.63) is 59.7 Å². The lowest BCUT2D eigenvalue weighted by Crippen LogP contribution is -2.50. The molecule has 2 aromatic rings. The molecule has 0 aliphatic rings. The highest BCUT2D eigenvalue weighted by atomic mass is 16.6. The Labute approximate surface area is 276 Å². The molecule has 47 heavy (non-hydrogen) atoms. The predicted octanol–water partition coefficient (Wildman–Crippen LogP) is 4.71. The van der Waals surface area contributed by atoms with E-state index in [4.69, 9.17) is 14.2 Å². The van der Waals surface area contributed by atoms with E-state index in [9.17, 15) is 29.1 Å². The normalized spacial score (nSPS) is 13.3. The van der Waals surface area contributed by atoms with Crippen molar-refractivity contribution in [3.8, 4) is 5.75 Å². The van der Waals surface area contributed by atoms with Crippen molar-refractivity contribution in [1.29, 1.82) is 0 Å². The maximum atomic E-state index is 12.9. The average molecular weight is 657 g/mol. The topological polar surface area (TPSA) is 181 Å². The Hall–Kier alpha value is -4.81. The van der Waals surface area contributed by atoms with Gasteiger partial charge in [-0.1, -0.05) is 36.4 Å². The molecule has 5 N–H and O–H groups in total. The van der Waals surface area contributed by atoms with Gasteiger partial charge in [-0.25, -0.2) is 9.59 Å². The molecule has 0 aliphatic carbocycles. The van der Waals surface area contributed by atoms with E-state index in [1.807, 2.05) is 18.2 Å². The highest BCUT2D eigenvalue weighted by Crippen LogP contribution is 2.26. The van der Waals surface area contributed by atoms with Gasteiger partial charge in [0.15, 0.2) is 0 Å². The summed E-state index contributed by atoms with van der Waals surface area (Å²) in [5.41, 5.74) is 0.100. The Kier molecular flexibility index (Phi) is 14.0. The third-order valence-corrected chi connectivity index (χ3v) is 6.33. The average Bonchev–Trinajstić information content (AvgIpc) is 2.95. The smallest absolute Gasteiger partial charge is 0.408 e. The number of hydrogen-bond donors (Lipinski definition) is 5. The van der Waals surface area contributed by atoms with Crippen molar-refractivity contribution in [1.82, 2.24) is 16.0 Å². The highest BCUT2D eigenvalue weighted by molar-refractivity contribution is 5.98. The summed E-state index contributed by atoms with van der Waals surface area (Å²) in [4.78, 5) is 62.6. The Morgan fingerprint density at radius 2 is 1.36 bits per heavy atom. The summed E-state index contributed by atoms with van der Waals surface area (Å²) in [6, 6.07) is 11.0. The molecule has 0 aliphatic heterocycles. The van der Waals surface area contributed by atoms with Gasteiger partial charge in [-0.2, -0.15) is 0 Å². The molecule has 0 heterocycles. The molecule has 258 valence electrons. The number of rotatable bonds is 13. The van der Waals surface area contributed by atoms with Gasteiger partial charge in [0.05, 0.1) is 5.69 Å². The zero-order valence-electron chi connectivity index (χ0n) is 28.4. The van der Waals surface area contributed by atoms with Gasteiger partial charge in [-0.3, -0.25) is 14.4 Å². The summed E-state index contributed by atoms with van der Waals surface area (Å²) in [6.07, 6.45) is -0.931. The number of benzene rings is 2. The number of carbonyl (C=O) groups excluding carboxylic acids is 5. The van der Waals surface area contributed by atoms with Crippen molar-refractivity contribution in [3.63, 3.8) is 0 Å². The minimum atomic E-state index is -1.04. The Morgan fingerprint density at radius 1 is 0.745 bits per heavy atom. The number of aromatic hydroxyl groups is 1. The van der Waals surface area contributed by atoms with Crippen LogP contribution >= 0.6 is 0 Å². The monoisotopic (exact) mass is 656 g/mol. The number of esters is 1. The minimum Gasteiger partial charge on any atom is -0.506 e. The first-order valence-electron chi connectivity index (χ1n) is 15.4. The minimum absolute atomic E-state index is 0.0317. The number of nitrogens with one attached hydrogen (secondary N) is 4. The number of anilines is 1. The van der Waals surface area contributed by atoms with Crippen molar-refractivity contribution in [2.75, 3.05) is 5.32 Å². The first kappa shape index (κ1) is 38.4. The molecule has 4 amide bonds. The summed E-state index contributed by atoms with van der Waals surface area (Å²) in [5, 5.41) is 20.8. The fourth-order valence-electron chi connectivity index (χ4n) is 4.13. The van der Waals surface area contributed by atoms with Crippen LogP contribution in [0.1, 0.15) is 79.4 Å². The third-order valence-electron chi connectivity index (χ3n) is 6.33. The fraction of sp³-hybridized carbons (Fsp3) is 0.500. The molecular formula is C34H48N4O9. The Balaban J connectivity index is 2.01. The van der Waals surface area contributed by atoms with Crippen LogP contribution in [0, 0.1) is 0 Å². The van der Waals surface area contributed by atoms with Crippen molar-refractivity contribution in [2.24, 2.45) is 0 Å². The summed E-state index contributed by atoms with van der Waals surface area (Å²) in [6.45, 7) is 13.4. The molecule has 0 fully saturated rings. The fourth-order valence-corrected chi connectivity index (χ4v) is 4.13. The maximum Gasteiger partial charge on any atom is 0.408 e. The van der Waals surface area contributed by atoms with Gasteiger partial charge in [0, 0.05) is 12.5 Å². The summed E-state index contributed by atoms with van der Waals surface area (Å²) in [7, 11) is 0. The molecule has 13 heteroatoms. The SMILES string of the molecule is C[C@H](NC(=O)OCc1ccccc1)C(=O)N[C@@H](C)C(=O)Nc1cc(C[C@@H](CCC(=O)OC(C)(C)C)NC(=O)OC(C)(C)C)ccc1O. The van der Waals surface area contributed by atoms with E-state index in [0.29, 0.717) is 5.56 Å². The first-order valence-corrected chi connectivity index (χ1v) is 15.4. The van der Waals surface area contributed by atoms with Crippen LogP contribution in [-0.4, -0.2) is 64.4 Å². The van der Waals surface area contributed by atoms with E-state index in [1.54, 1.807) is 59.7 Å². The summed E-state index contributed by atoms with van der Waals surface area (Å²) in [5.74, 6) is -1.89. The molecule has 0 saturated heterocycles. The molecule has 13 nitrogen and oxygen atoms in total. The number of ether oxygens (including phenoxy) is 3. The quantitative estimate of drug-likeness (QED) is 0.116. The zero-order valence-corrected chi connectivity index (χ0v) is 28.4. The van der Waals surface area contributed by atoms with Crippen LogP contribution < -0.4 is 21.3 Å². The van der Waals surface area contributed by atoms with E-state index in [-0.39, 0.29) is 37.3 Å². The maximum absolute atomic E-state index is 12.9. The van der Waals surface area contributed by atoms with Crippen molar-refractivity contribution >= 4 is 35.7 Å². The Bertz CT molecular complexity index is 1380. The van der Waals surface area contributed by atoms with Crippen LogP contribution in [0.5, 0.6) is 5.75 Å². The van der Waals surface area contributed by atoms with Crippen molar-refractivity contribution < 1.29 is 43.3 Å². The summed E-state index contributed by atoms with van der Waals surface area (Å²) < 4.78 is 15.9. The molecule has 0 spiro atoms. The molecular weight excluding hydrogens is 608 g/mol. The first-order chi connectivity index (χ1) is 21.8. The van der Waals surface area contributed by atoms with Gasteiger partial charge in [-0.15, -0.1) is 0 Å². The lowest BCUT2D eigenvalue weighted by Gasteiger charge is -2.25. The van der Waals surface area contributed by atoms with Crippen molar-refractivity contribution in [2.45, 2.75) is 111 Å². The van der Waals surface area contributed by atoms with Gasteiger partial charge in [0.1, 0.15) is 35.6 Å². The number of alkyl carbamates (subject to hydrolysis) is 2. The summed E-state index contributed by atoms with van der Waals surface area (Å²) >= 11 is 0. The second kappa shape index (κ2) is 17.2. The number of amides is 4. The highest BCUT2D eigenvalue weighted by Gasteiger charge is 2.24. The lowest BCUT2D eigenvalue weighted by molar-refractivity contribution is -0.155. The second-order valence-electron chi connectivity index (χ2n) is 13.2. The van der Waals surface area contributed by atoms with Gasteiger partial charge in [-0.05, 0) is 91.5 Å². The van der Waals surface area contributed by atoms with Crippen LogP contribution in [0.3, 0.4) is 0 Å². The van der Waals surface area contributed by atoms with Gasteiger partial charge in [0.2, 0.25) is 11.8 Å². The third kappa shape index (κ3) is 15.4. The molecule has 0 saturated carbocycles. The van der Waals surface area contributed by atoms with E-state index in [2.05, 4.69) is 21.3 Å². The molecule has 3 atom stereocenters. The molecule has 2 rings (SSSR count). The molecule has 2 aromatic carbocycles. The number of hydrogen-bond acceptors (Lipinski definition) is 9. The predicted molar refractivity (Wildman–Crippen MR) is 176 cm³/mol. The number of phenolic OH excluding ortho intramolecular Hbond substituents is 1. The largest absolute Gasteiger partial charge is 0.506 e. The van der Waals surface area contributed by atoms with Gasteiger partial charge < -0.3 is 40.6 Å². The van der Waals surface area contributed by atoms with E-state index in [1.165, 1.54) is 26.0 Å². The Morgan fingerprint density at radius 3 is 1.98 bits per heavy atom. The van der Waals surface area contributed by atoms with Crippen LogP contribution in [0.15, 0.2) is 48.5 Å². The zero-order chi connectivity index (χ0) is 35.4. The molecule has 0 unspecified atom stereocenters. The standard InChI is InChI=1S/C34H48N4O9/c1-21(35-29(41)22(2)36-31(43)45-20-23-12-10-9-11-13-23)30(42)38-26-19-24(14-16-27(26)39)18-25(37-32(44)47-34(6,7)8)15-17-28(40)46-33(3,4)5/h9-14,16,19,21-22,25,39H,15,17-18,20H2,1-8H3,(H,35,41)(H,36,43)(H,37,44)(H,38,42)/t21-,22-,25+/m0/s1. The number of carbonyl (C=O) groups is 5. The van der Waals surface area contributed by atoms with Crippen LogP contribution in [0.4, 0.5) is 15.3 Å². The van der Waals surface area contributed by atoms with Gasteiger partial charge >= 0.3 is 18.2 Å². The second-order valence-corrected chi connectivity index (χ2v) is 13.2. The number of phenols is 1. The van der Waals surface area contributed by atoms with E-state index >= 15 is 0 Å². The van der Waals surface area contributed by atoms with Crippen LogP contribution in [0.2, 0.25) is 0 Å². The molecule has 0 bridgehead atoms. The van der Waals surface area contributed by atoms with Gasteiger partial charge in [0.25, 0.3) is 0 Å². The van der Waals surface area contributed by atoms with Crippen LogP contribution in [-0.2, 0) is 41.6 Å². The van der Waals surface area contributed by atoms with E-state index in [0.717, 1.165) is 5.56 Å². The van der Waals surface area contributed by atoms with Crippen LogP contribution in [0.25, 0.3) is 0 Å².